The third kappa shape index (κ3) is 2.12. The van der Waals surface area contributed by atoms with Gasteiger partial charge in [0.1, 0.15) is 0 Å². The molecule has 2 nitrogen and oxygen atoms in total. The summed E-state index contributed by atoms with van der Waals surface area (Å²) in [5.41, 5.74) is 1.87. The van der Waals surface area contributed by atoms with Crippen LogP contribution in [-0.2, 0) is 11.3 Å². The number of carbonyl (C=O) groups is 1. The molecule has 0 aliphatic carbocycles. The molecule has 1 aliphatic rings. The van der Waals surface area contributed by atoms with E-state index in [4.69, 9.17) is 0 Å². The van der Waals surface area contributed by atoms with Gasteiger partial charge in [0.05, 0.1) is 6.04 Å². The Morgan fingerprint density at radius 2 is 1.53 bits per heavy atom. The van der Waals surface area contributed by atoms with Crippen LogP contribution in [0.2, 0.25) is 0 Å². The number of alkyl halides is 1. The fraction of sp³-hybridized carbons (Fsp3) is 0.188. The van der Waals surface area contributed by atoms with Gasteiger partial charge < -0.3 is 4.90 Å². The fourth-order valence-corrected chi connectivity index (χ4v) is 2.46. The van der Waals surface area contributed by atoms with E-state index in [2.05, 4.69) is 0 Å². The predicted molar refractivity (Wildman–Crippen MR) is 71.1 cm³/mol. The molecule has 2 atom stereocenters. The van der Waals surface area contributed by atoms with Crippen molar-refractivity contribution < 1.29 is 9.18 Å². The summed E-state index contributed by atoms with van der Waals surface area (Å²) < 4.78 is 13.8. The van der Waals surface area contributed by atoms with Crippen molar-refractivity contribution in [3.63, 3.8) is 0 Å². The van der Waals surface area contributed by atoms with Gasteiger partial charge in [-0.1, -0.05) is 60.7 Å². The minimum atomic E-state index is -1.41. The van der Waals surface area contributed by atoms with Crippen LogP contribution in [-0.4, -0.2) is 17.0 Å². The first-order chi connectivity index (χ1) is 9.27. The molecule has 0 bridgehead atoms. The number of nitrogens with zero attached hydrogens (tertiary/aromatic N) is 1. The maximum Gasteiger partial charge on any atom is 0.260 e. The first-order valence-corrected chi connectivity index (χ1v) is 6.31. The van der Waals surface area contributed by atoms with Gasteiger partial charge in [0.15, 0.2) is 0 Å². The van der Waals surface area contributed by atoms with Crippen LogP contribution >= 0.6 is 0 Å². The first-order valence-electron chi connectivity index (χ1n) is 6.31. The molecule has 0 aromatic heterocycles. The third-order valence-corrected chi connectivity index (χ3v) is 3.47. The van der Waals surface area contributed by atoms with E-state index in [1.807, 2.05) is 60.7 Å². The van der Waals surface area contributed by atoms with Gasteiger partial charge in [0.2, 0.25) is 6.17 Å². The van der Waals surface area contributed by atoms with E-state index < -0.39 is 18.1 Å². The highest BCUT2D eigenvalue weighted by molar-refractivity contribution is 5.88. The summed E-state index contributed by atoms with van der Waals surface area (Å²) in [6.45, 7) is 0.458. The van der Waals surface area contributed by atoms with Crippen molar-refractivity contribution in [2.75, 3.05) is 0 Å². The maximum absolute atomic E-state index is 13.8. The molecule has 0 N–H and O–H groups in total. The lowest BCUT2D eigenvalue weighted by Gasteiger charge is -2.43. The van der Waals surface area contributed by atoms with Crippen LogP contribution in [0.1, 0.15) is 17.2 Å². The average Bonchev–Trinajstić information content (AvgIpc) is 2.48. The van der Waals surface area contributed by atoms with E-state index in [1.54, 1.807) is 4.90 Å². The molecule has 1 aliphatic heterocycles. The van der Waals surface area contributed by atoms with E-state index >= 15 is 0 Å². The van der Waals surface area contributed by atoms with Gasteiger partial charge in [-0.3, -0.25) is 4.79 Å². The number of hydrogen-bond acceptors (Lipinski definition) is 1. The van der Waals surface area contributed by atoms with Crippen LogP contribution in [0.3, 0.4) is 0 Å². The summed E-state index contributed by atoms with van der Waals surface area (Å²) in [4.78, 5) is 13.3. The molecule has 2 aromatic rings. The molecule has 1 fully saturated rings. The Morgan fingerprint density at radius 3 is 2.16 bits per heavy atom. The highest BCUT2D eigenvalue weighted by Gasteiger charge is 2.48. The Morgan fingerprint density at radius 1 is 0.947 bits per heavy atom. The lowest BCUT2D eigenvalue weighted by atomic mass is 9.91. The zero-order valence-corrected chi connectivity index (χ0v) is 10.4. The fourth-order valence-electron chi connectivity index (χ4n) is 2.46. The van der Waals surface area contributed by atoms with Gasteiger partial charge >= 0.3 is 0 Å². The van der Waals surface area contributed by atoms with Gasteiger partial charge in [-0.15, -0.1) is 0 Å². The molecule has 1 saturated heterocycles. The van der Waals surface area contributed by atoms with E-state index in [0.717, 1.165) is 11.1 Å². The topological polar surface area (TPSA) is 20.3 Å². The molecule has 2 aromatic carbocycles. The van der Waals surface area contributed by atoms with E-state index in [1.165, 1.54) is 0 Å². The van der Waals surface area contributed by atoms with Crippen LogP contribution in [0.5, 0.6) is 0 Å². The number of rotatable bonds is 3. The van der Waals surface area contributed by atoms with Gasteiger partial charge in [-0.25, -0.2) is 4.39 Å². The zero-order chi connectivity index (χ0) is 13.2. The molecule has 0 spiro atoms. The van der Waals surface area contributed by atoms with Gasteiger partial charge in [0.25, 0.3) is 5.91 Å². The number of carbonyl (C=O) groups excluding carboxylic acids is 1. The standard InChI is InChI=1S/C16H14FNO/c17-14-15(13-9-5-2-6-10-13)18(16(14)19)11-12-7-3-1-4-8-12/h1-10,14-15H,11H2/t14-,15-/m1/s1. The van der Waals surface area contributed by atoms with E-state index in [0.29, 0.717) is 6.54 Å². The van der Waals surface area contributed by atoms with Gasteiger partial charge in [-0.05, 0) is 11.1 Å². The Bertz CT molecular complexity index is 570. The number of hydrogen-bond donors (Lipinski definition) is 0. The molecule has 1 heterocycles. The molecule has 1 amide bonds. The highest BCUT2D eigenvalue weighted by atomic mass is 19.1. The van der Waals surface area contributed by atoms with Crippen molar-refractivity contribution in [2.45, 2.75) is 18.8 Å². The molecule has 3 rings (SSSR count). The van der Waals surface area contributed by atoms with Gasteiger partial charge in [0, 0.05) is 6.54 Å². The summed E-state index contributed by atoms with van der Waals surface area (Å²) in [5, 5.41) is 0. The van der Waals surface area contributed by atoms with Crippen LogP contribution in [0.25, 0.3) is 0 Å². The summed E-state index contributed by atoms with van der Waals surface area (Å²) in [6.07, 6.45) is -1.41. The SMILES string of the molecule is O=C1[C@H](F)[C@@H](c2ccccc2)N1Cc1ccccc1. The van der Waals surface area contributed by atoms with Crippen LogP contribution in [0.15, 0.2) is 60.7 Å². The van der Waals surface area contributed by atoms with Crippen molar-refractivity contribution >= 4 is 5.91 Å². The zero-order valence-electron chi connectivity index (χ0n) is 10.4. The largest absolute Gasteiger partial charge is 0.325 e. The van der Waals surface area contributed by atoms with Crippen LogP contribution in [0, 0.1) is 0 Å². The van der Waals surface area contributed by atoms with Crippen molar-refractivity contribution in [3.8, 4) is 0 Å². The Hall–Kier alpha value is -2.16. The van der Waals surface area contributed by atoms with Crippen molar-refractivity contribution in [1.82, 2.24) is 4.90 Å². The second-order valence-corrected chi connectivity index (χ2v) is 4.71. The second kappa shape index (κ2) is 4.84. The average molecular weight is 255 g/mol. The van der Waals surface area contributed by atoms with Crippen molar-refractivity contribution in [2.24, 2.45) is 0 Å². The van der Waals surface area contributed by atoms with Crippen molar-refractivity contribution in [1.29, 1.82) is 0 Å². The number of benzene rings is 2. The molecule has 3 heteroatoms. The summed E-state index contributed by atoms with van der Waals surface area (Å²) in [5.74, 6) is -0.419. The molecule has 0 unspecified atom stereocenters. The quantitative estimate of drug-likeness (QED) is 0.772. The summed E-state index contributed by atoms with van der Waals surface area (Å²) in [6, 6.07) is 18.6. The third-order valence-electron chi connectivity index (χ3n) is 3.47. The molecule has 0 saturated carbocycles. The Labute approximate surface area is 111 Å². The molecular weight excluding hydrogens is 241 g/mol. The van der Waals surface area contributed by atoms with Crippen molar-refractivity contribution in [3.05, 3.63) is 71.8 Å². The van der Waals surface area contributed by atoms with E-state index in [-0.39, 0.29) is 0 Å². The van der Waals surface area contributed by atoms with Crippen LogP contribution < -0.4 is 0 Å². The minimum absolute atomic E-state index is 0.419. The smallest absolute Gasteiger partial charge is 0.260 e. The molecular formula is C16H14FNO. The minimum Gasteiger partial charge on any atom is -0.325 e. The number of halogens is 1. The lowest BCUT2D eigenvalue weighted by Crippen LogP contribution is -2.56. The highest BCUT2D eigenvalue weighted by Crippen LogP contribution is 2.38. The summed E-state index contributed by atoms with van der Waals surface area (Å²) >= 11 is 0. The Kier molecular flexibility index (Phi) is 3.03. The molecule has 0 radical (unpaired) electrons. The number of amides is 1. The number of β-lactam (4-membered cyclic amide) rings is 1. The maximum atomic E-state index is 13.8. The molecule has 19 heavy (non-hydrogen) atoms. The Balaban J connectivity index is 1.82. The van der Waals surface area contributed by atoms with Gasteiger partial charge in [-0.2, -0.15) is 0 Å². The monoisotopic (exact) mass is 255 g/mol. The second-order valence-electron chi connectivity index (χ2n) is 4.71. The predicted octanol–water partition coefficient (Wildman–Crippen LogP) is 3.11. The normalized spacial score (nSPS) is 22.2. The first kappa shape index (κ1) is 11.9. The lowest BCUT2D eigenvalue weighted by molar-refractivity contribution is -0.160. The summed E-state index contributed by atoms with van der Waals surface area (Å²) in [7, 11) is 0. The molecule has 96 valence electrons. The van der Waals surface area contributed by atoms with Crippen LogP contribution in [0.4, 0.5) is 4.39 Å². The number of likely N-dealkylation sites (tertiary alicyclic amines) is 1. The van der Waals surface area contributed by atoms with E-state index in [9.17, 15) is 9.18 Å².